The molecule has 9 heteroatoms. The van der Waals surface area contributed by atoms with Crippen LogP contribution in [0, 0.1) is 5.92 Å². The van der Waals surface area contributed by atoms with Crippen LogP contribution in [-0.2, 0) is 14.8 Å². The first kappa shape index (κ1) is 24.5. The predicted molar refractivity (Wildman–Crippen MR) is 138 cm³/mol. The first-order chi connectivity index (χ1) is 17.2. The molecule has 0 saturated heterocycles. The highest BCUT2D eigenvalue weighted by atomic mass is 35.5. The molecule has 0 amide bonds. The van der Waals surface area contributed by atoms with Crippen molar-refractivity contribution in [1.29, 1.82) is 0 Å². The number of halogens is 1. The molecule has 0 unspecified atom stereocenters. The van der Waals surface area contributed by atoms with Crippen molar-refractivity contribution in [3.63, 3.8) is 0 Å². The number of rotatable bonds is 5. The van der Waals surface area contributed by atoms with E-state index in [0.717, 1.165) is 24.9 Å². The summed E-state index contributed by atoms with van der Waals surface area (Å²) in [7, 11) is -2.25. The SMILES string of the molecule is CN1[C@H](C2CCC2)CN(c2ccccc2)c2cc(Cl)c(-c3cccc(C(=O)C(=O)O)c3)cc2S1(=O)=O. The molecule has 1 atom stereocenters. The Balaban J connectivity index is 1.70. The van der Waals surface area contributed by atoms with E-state index in [1.165, 1.54) is 22.5 Å². The molecule has 1 fully saturated rings. The summed E-state index contributed by atoms with van der Waals surface area (Å²) in [4.78, 5) is 25.3. The molecule has 2 aliphatic rings. The standard InChI is InChI=1S/C27H25ClN2O5S/c1-29-24(17-7-5-8-17)16-30(20-11-3-2-4-12-20)23-15-22(28)21(14-25(23)36(29,34)35)18-9-6-10-19(13-18)26(31)27(32)33/h2-4,6,9-15,17,24H,5,7-8,16H2,1H3,(H,32,33)/t24-/m0/s1. The van der Waals surface area contributed by atoms with Crippen molar-refractivity contribution >= 4 is 44.8 Å². The second-order valence-corrected chi connectivity index (χ2v) is 11.6. The second kappa shape index (κ2) is 9.35. The number of benzene rings is 3. The van der Waals surface area contributed by atoms with Gasteiger partial charge in [0.25, 0.3) is 5.78 Å². The van der Waals surface area contributed by atoms with Gasteiger partial charge in [-0.3, -0.25) is 4.79 Å². The fourth-order valence-corrected chi connectivity index (χ4v) is 6.86. The van der Waals surface area contributed by atoms with Crippen LogP contribution in [0.5, 0.6) is 0 Å². The lowest BCUT2D eigenvalue weighted by atomic mass is 9.79. The van der Waals surface area contributed by atoms with Crippen molar-refractivity contribution in [3.8, 4) is 11.1 Å². The van der Waals surface area contributed by atoms with Gasteiger partial charge in [-0.1, -0.05) is 54.4 Å². The van der Waals surface area contributed by atoms with E-state index in [1.807, 2.05) is 35.2 Å². The minimum atomic E-state index is -3.88. The number of sulfonamides is 1. The van der Waals surface area contributed by atoms with Crippen LogP contribution in [0.2, 0.25) is 5.02 Å². The van der Waals surface area contributed by atoms with E-state index in [2.05, 4.69) is 0 Å². The number of carboxylic acid groups (broad SMARTS) is 1. The maximum Gasteiger partial charge on any atom is 0.377 e. The Morgan fingerprint density at radius 3 is 2.36 bits per heavy atom. The molecule has 3 aromatic carbocycles. The third-order valence-corrected chi connectivity index (χ3v) is 9.45. The van der Waals surface area contributed by atoms with Gasteiger partial charge in [-0.2, -0.15) is 4.31 Å². The Hall–Kier alpha value is -3.20. The number of carbonyl (C=O) groups excluding carboxylic acids is 1. The number of carboxylic acids is 1. The molecule has 1 heterocycles. The van der Waals surface area contributed by atoms with Crippen LogP contribution >= 0.6 is 11.6 Å². The second-order valence-electron chi connectivity index (χ2n) is 9.24. The zero-order valence-corrected chi connectivity index (χ0v) is 21.2. The van der Waals surface area contributed by atoms with Gasteiger partial charge in [-0.05, 0) is 54.7 Å². The summed E-state index contributed by atoms with van der Waals surface area (Å²) in [6.45, 7) is 0.496. The van der Waals surface area contributed by atoms with Crippen molar-refractivity contribution in [2.45, 2.75) is 30.2 Å². The largest absolute Gasteiger partial charge is 0.475 e. The average Bonchev–Trinajstić information content (AvgIpc) is 2.91. The maximum absolute atomic E-state index is 13.9. The number of carbonyl (C=O) groups is 2. The Morgan fingerprint density at radius 2 is 1.72 bits per heavy atom. The van der Waals surface area contributed by atoms with Crippen LogP contribution in [0.4, 0.5) is 11.4 Å². The van der Waals surface area contributed by atoms with E-state index in [0.29, 0.717) is 28.4 Å². The number of para-hydroxylation sites is 1. The van der Waals surface area contributed by atoms with Crippen molar-refractivity contribution in [3.05, 3.63) is 77.3 Å². The Morgan fingerprint density at radius 1 is 1.00 bits per heavy atom. The van der Waals surface area contributed by atoms with Crippen molar-refractivity contribution in [2.24, 2.45) is 5.92 Å². The van der Waals surface area contributed by atoms with Crippen LogP contribution in [0.3, 0.4) is 0 Å². The number of nitrogens with zero attached hydrogens (tertiary/aromatic N) is 2. The normalized spacial score (nSPS) is 19.7. The third kappa shape index (κ3) is 4.19. The molecule has 1 saturated carbocycles. The van der Waals surface area contributed by atoms with Crippen molar-refractivity contribution in [2.75, 3.05) is 18.5 Å². The summed E-state index contributed by atoms with van der Waals surface area (Å²) in [5.74, 6) is -2.34. The van der Waals surface area contributed by atoms with Crippen molar-refractivity contribution in [1.82, 2.24) is 4.31 Å². The highest BCUT2D eigenvalue weighted by Gasteiger charge is 2.42. The number of Topliss-reactive ketones (excluding diaryl/α,β-unsaturated/α-hetero) is 1. The topological polar surface area (TPSA) is 95.0 Å². The van der Waals surface area contributed by atoms with E-state index in [1.54, 1.807) is 25.2 Å². The molecule has 0 aromatic heterocycles. The lowest BCUT2D eigenvalue weighted by molar-refractivity contribution is -0.131. The molecule has 1 aliphatic heterocycles. The summed E-state index contributed by atoms with van der Waals surface area (Å²) in [5, 5.41) is 9.41. The van der Waals surface area contributed by atoms with Gasteiger partial charge < -0.3 is 10.0 Å². The predicted octanol–water partition coefficient (Wildman–Crippen LogP) is 5.22. The smallest absolute Gasteiger partial charge is 0.377 e. The lowest BCUT2D eigenvalue weighted by Crippen LogP contribution is -2.47. The molecule has 186 valence electrons. The van der Waals surface area contributed by atoms with E-state index in [-0.39, 0.29) is 22.4 Å². The van der Waals surface area contributed by atoms with Gasteiger partial charge in [-0.25, -0.2) is 13.2 Å². The van der Waals surface area contributed by atoms with Gasteiger partial charge in [0.15, 0.2) is 0 Å². The van der Waals surface area contributed by atoms with Gasteiger partial charge >= 0.3 is 5.97 Å². The summed E-state index contributed by atoms with van der Waals surface area (Å²) < 4.78 is 29.4. The Kier molecular flexibility index (Phi) is 6.36. The first-order valence-corrected chi connectivity index (χ1v) is 13.5. The summed E-state index contributed by atoms with van der Waals surface area (Å²) >= 11 is 6.73. The Labute approximate surface area is 215 Å². The van der Waals surface area contributed by atoms with Gasteiger partial charge in [0.05, 0.1) is 10.7 Å². The summed E-state index contributed by atoms with van der Waals surface area (Å²) in [6, 6.07) is 18.7. The van der Waals surface area contributed by atoms with Crippen LogP contribution in [0.15, 0.2) is 71.6 Å². The summed E-state index contributed by atoms with van der Waals surface area (Å²) in [5.41, 5.74) is 2.20. The molecule has 0 spiro atoms. The summed E-state index contributed by atoms with van der Waals surface area (Å²) in [6.07, 6.45) is 3.06. The number of aliphatic carboxylic acids is 1. The fraction of sp³-hybridized carbons (Fsp3) is 0.259. The number of hydrogen-bond acceptors (Lipinski definition) is 5. The van der Waals surface area contributed by atoms with E-state index >= 15 is 0 Å². The van der Waals surface area contributed by atoms with Gasteiger partial charge in [0.1, 0.15) is 4.90 Å². The van der Waals surface area contributed by atoms with Crippen LogP contribution in [-0.4, -0.2) is 49.2 Å². The number of ketones is 1. The molecule has 7 nitrogen and oxygen atoms in total. The lowest BCUT2D eigenvalue weighted by Gasteiger charge is -2.39. The minimum Gasteiger partial charge on any atom is -0.475 e. The maximum atomic E-state index is 13.9. The molecule has 36 heavy (non-hydrogen) atoms. The van der Waals surface area contributed by atoms with Crippen LogP contribution < -0.4 is 4.90 Å². The molecule has 0 bridgehead atoms. The highest BCUT2D eigenvalue weighted by molar-refractivity contribution is 7.89. The molecule has 5 rings (SSSR count). The molecular formula is C27H25ClN2O5S. The molecule has 0 radical (unpaired) electrons. The van der Waals surface area contributed by atoms with E-state index < -0.39 is 21.8 Å². The molecule has 1 N–H and O–H groups in total. The quantitative estimate of drug-likeness (QED) is 0.363. The molecular weight excluding hydrogens is 500 g/mol. The zero-order valence-electron chi connectivity index (χ0n) is 19.6. The van der Waals surface area contributed by atoms with E-state index in [4.69, 9.17) is 16.7 Å². The Bertz CT molecular complexity index is 1450. The highest BCUT2D eigenvalue weighted by Crippen LogP contribution is 2.45. The van der Waals surface area contributed by atoms with Gasteiger partial charge in [-0.15, -0.1) is 0 Å². The number of hydrogen-bond donors (Lipinski definition) is 1. The third-order valence-electron chi connectivity index (χ3n) is 7.22. The van der Waals surface area contributed by atoms with E-state index in [9.17, 15) is 18.0 Å². The van der Waals surface area contributed by atoms with Gasteiger partial charge in [0.2, 0.25) is 10.0 Å². The number of anilines is 2. The zero-order chi connectivity index (χ0) is 25.6. The van der Waals surface area contributed by atoms with Crippen LogP contribution in [0.25, 0.3) is 11.1 Å². The molecule has 3 aromatic rings. The van der Waals surface area contributed by atoms with Gasteiger partial charge in [0, 0.05) is 36.4 Å². The minimum absolute atomic E-state index is 0.0121. The fourth-order valence-electron chi connectivity index (χ4n) is 4.99. The first-order valence-electron chi connectivity index (χ1n) is 11.7. The number of likely N-dealkylation sites (N-methyl/N-ethyl adjacent to an activating group) is 1. The van der Waals surface area contributed by atoms with Crippen LogP contribution in [0.1, 0.15) is 29.6 Å². The average molecular weight is 525 g/mol. The van der Waals surface area contributed by atoms with Crippen molar-refractivity contribution < 1.29 is 23.1 Å². The monoisotopic (exact) mass is 524 g/mol. The molecule has 1 aliphatic carbocycles. The number of fused-ring (bicyclic) bond motifs is 1.